The zero-order chi connectivity index (χ0) is 23.4. The van der Waals surface area contributed by atoms with E-state index < -0.39 is 0 Å². The number of nitrogens with zero attached hydrogens (tertiary/aromatic N) is 5. The molecule has 3 heterocycles. The summed E-state index contributed by atoms with van der Waals surface area (Å²) in [5.74, 6) is -0.392. The predicted octanol–water partition coefficient (Wildman–Crippen LogP) is 3.32. The molecule has 4 rings (SSSR count). The minimum Gasteiger partial charge on any atom is -0.348 e. The molecule has 0 aliphatic carbocycles. The van der Waals surface area contributed by atoms with Crippen LogP contribution < -0.4 is 5.32 Å². The van der Waals surface area contributed by atoms with Gasteiger partial charge >= 0.3 is 0 Å². The SMILES string of the molecule is Cc1cnc(C(=O)N2CCCC[C@@H]2c2nc(C)ncc2C(=O)NCc2ccc(F)cc2)cn1. The van der Waals surface area contributed by atoms with Crippen molar-refractivity contribution in [3.05, 3.63) is 82.7 Å². The van der Waals surface area contributed by atoms with Crippen molar-refractivity contribution in [2.75, 3.05) is 6.54 Å². The molecule has 2 aromatic heterocycles. The third kappa shape index (κ3) is 5.19. The summed E-state index contributed by atoms with van der Waals surface area (Å²) in [4.78, 5) is 45.2. The topological polar surface area (TPSA) is 101 Å². The van der Waals surface area contributed by atoms with Gasteiger partial charge in [-0.25, -0.2) is 19.3 Å². The fourth-order valence-corrected chi connectivity index (χ4v) is 3.91. The number of amides is 2. The fourth-order valence-electron chi connectivity index (χ4n) is 3.91. The van der Waals surface area contributed by atoms with E-state index in [-0.39, 0.29) is 35.9 Å². The fraction of sp³-hybridized carbons (Fsp3) is 0.333. The summed E-state index contributed by atoms with van der Waals surface area (Å²) < 4.78 is 13.1. The van der Waals surface area contributed by atoms with Crippen LogP contribution in [0.3, 0.4) is 0 Å². The van der Waals surface area contributed by atoms with Gasteiger partial charge in [-0.3, -0.25) is 14.6 Å². The van der Waals surface area contributed by atoms with Gasteiger partial charge in [-0.05, 0) is 50.8 Å². The molecule has 1 fully saturated rings. The van der Waals surface area contributed by atoms with E-state index in [1.165, 1.54) is 24.5 Å². The van der Waals surface area contributed by atoms with E-state index in [0.29, 0.717) is 30.0 Å². The molecule has 9 heteroatoms. The third-order valence-corrected chi connectivity index (χ3v) is 5.63. The highest BCUT2D eigenvalue weighted by atomic mass is 19.1. The molecular weight excluding hydrogens is 423 g/mol. The smallest absolute Gasteiger partial charge is 0.274 e. The number of aryl methyl sites for hydroxylation is 2. The number of aromatic nitrogens is 4. The van der Waals surface area contributed by atoms with Crippen LogP contribution in [0.15, 0.2) is 42.9 Å². The van der Waals surface area contributed by atoms with E-state index in [2.05, 4.69) is 25.3 Å². The first kappa shape index (κ1) is 22.4. The van der Waals surface area contributed by atoms with E-state index in [4.69, 9.17) is 0 Å². The maximum Gasteiger partial charge on any atom is 0.274 e. The normalized spacial score (nSPS) is 15.8. The molecule has 0 saturated carbocycles. The van der Waals surface area contributed by atoms with Gasteiger partial charge in [-0.15, -0.1) is 0 Å². The number of halogens is 1. The number of hydrogen-bond donors (Lipinski definition) is 1. The van der Waals surface area contributed by atoms with Gasteiger partial charge < -0.3 is 10.2 Å². The number of carbonyl (C=O) groups excluding carboxylic acids is 2. The molecule has 0 unspecified atom stereocenters. The van der Waals surface area contributed by atoms with Gasteiger partial charge in [0.05, 0.1) is 29.2 Å². The van der Waals surface area contributed by atoms with Crippen molar-refractivity contribution in [3.63, 3.8) is 0 Å². The lowest BCUT2D eigenvalue weighted by Crippen LogP contribution is -2.40. The lowest BCUT2D eigenvalue weighted by Gasteiger charge is -2.35. The Morgan fingerprint density at radius 3 is 2.58 bits per heavy atom. The van der Waals surface area contributed by atoms with Crippen molar-refractivity contribution < 1.29 is 14.0 Å². The van der Waals surface area contributed by atoms with Crippen molar-refractivity contribution in [2.24, 2.45) is 0 Å². The zero-order valence-electron chi connectivity index (χ0n) is 18.6. The van der Waals surface area contributed by atoms with Gasteiger partial charge in [-0.2, -0.15) is 0 Å². The molecule has 1 N–H and O–H groups in total. The Kier molecular flexibility index (Phi) is 6.67. The second kappa shape index (κ2) is 9.81. The Bertz CT molecular complexity index is 1150. The monoisotopic (exact) mass is 448 g/mol. The Balaban J connectivity index is 1.60. The van der Waals surface area contributed by atoms with Crippen molar-refractivity contribution in [3.8, 4) is 0 Å². The lowest BCUT2D eigenvalue weighted by molar-refractivity contribution is 0.0595. The number of benzene rings is 1. The molecule has 1 saturated heterocycles. The molecule has 0 bridgehead atoms. The van der Waals surface area contributed by atoms with Crippen LogP contribution in [0.4, 0.5) is 4.39 Å². The maximum absolute atomic E-state index is 13.2. The maximum atomic E-state index is 13.2. The van der Waals surface area contributed by atoms with E-state index in [1.807, 2.05) is 6.92 Å². The highest BCUT2D eigenvalue weighted by Crippen LogP contribution is 2.32. The van der Waals surface area contributed by atoms with Crippen molar-refractivity contribution in [1.82, 2.24) is 30.2 Å². The number of rotatable bonds is 5. The summed E-state index contributed by atoms with van der Waals surface area (Å²) in [5, 5.41) is 2.85. The highest BCUT2D eigenvalue weighted by molar-refractivity contribution is 5.96. The Morgan fingerprint density at radius 2 is 1.85 bits per heavy atom. The van der Waals surface area contributed by atoms with Gasteiger partial charge in [-0.1, -0.05) is 12.1 Å². The first-order valence-electron chi connectivity index (χ1n) is 10.9. The van der Waals surface area contributed by atoms with Gasteiger partial charge in [0.2, 0.25) is 0 Å². The van der Waals surface area contributed by atoms with Gasteiger partial charge in [0, 0.05) is 25.5 Å². The number of piperidine rings is 1. The van der Waals surface area contributed by atoms with Crippen LogP contribution >= 0.6 is 0 Å². The average molecular weight is 449 g/mol. The Morgan fingerprint density at radius 1 is 1.06 bits per heavy atom. The summed E-state index contributed by atoms with van der Waals surface area (Å²) in [6.07, 6.45) is 6.99. The van der Waals surface area contributed by atoms with Crippen LogP contribution in [0.1, 0.15) is 68.9 Å². The quantitative estimate of drug-likeness (QED) is 0.643. The van der Waals surface area contributed by atoms with Crippen LogP contribution in [0.2, 0.25) is 0 Å². The molecule has 170 valence electrons. The highest BCUT2D eigenvalue weighted by Gasteiger charge is 2.33. The molecule has 3 aromatic rings. The predicted molar refractivity (Wildman–Crippen MR) is 119 cm³/mol. The van der Waals surface area contributed by atoms with Crippen LogP contribution in [0.25, 0.3) is 0 Å². The first-order chi connectivity index (χ1) is 15.9. The number of nitrogens with one attached hydrogen (secondary N) is 1. The molecule has 1 aliphatic rings. The summed E-state index contributed by atoms with van der Waals surface area (Å²) in [7, 11) is 0. The van der Waals surface area contributed by atoms with E-state index in [0.717, 1.165) is 24.1 Å². The standard InChI is InChI=1S/C24H25FN6O2/c1-15-11-28-20(14-26-15)24(33)31-10-4-3-5-21(31)22-19(13-27-16(2)30-22)23(32)29-12-17-6-8-18(25)9-7-17/h6-9,11,13-14,21H,3-5,10,12H2,1-2H3,(H,29,32)/t21-/m1/s1. The zero-order valence-corrected chi connectivity index (χ0v) is 18.6. The number of likely N-dealkylation sites (tertiary alicyclic amines) is 1. The van der Waals surface area contributed by atoms with Crippen LogP contribution in [-0.4, -0.2) is 43.2 Å². The van der Waals surface area contributed by atoms with Crippen LogP contribution in [-0.2, 0) is 6.54 Å². The molecule has 1 aromatic carbocycles. The van der Waals surface area contributed by atoms with Crippen molar-refractivity contribution in [2.45, 2.75) is 45.7 Å². The van der Waals surface area contributed by atoms with Gasteiger partial charge in [0.1, 0.15) is 17.3 Å². The molecule has 1 aliphatic heterocycles. The van der Waals surface area contributed by atoms with Crippen molar-refractivity contribution >= 4 is 11.8 Å². The third-order valence-electron chi connectivity index (χ3n) is 5.63. The molecule has 2 amide bonds. The second-order valence-electron chi connectivity index (χ2n) is 8.08. The largest absolute Gasteiger partial charge is 0.348 e. The number of carbonyl (C=O) groups is 2. The molecule has 8 nitrogen and oxygen atoms in total. The molecule has 0 spiro atoms. The summed E-state index contributed by atoms with van der Waals surface area (Å²) in [5.41, 5.74) is 2.61. The van der Waals surface area contributed by atoms with E-state index in [1.54, 1.807) is 30.2 Å². The number of hydrogen-bond acceptors (Lipinski definition) is 6. The minimum absolute atomic E-state index is 0.235. The van der Waals surface area contributed by atoms with Crippen LogP contribution in [0.5, 0.6) is 0 Å². The van der Waals surface area contributed by atoms with Crippen LogP contribution in [0, 0.1) is 19.7 Å². The Labute approximate surface area is 191 Å². The van der Waals surface area contributed by atoms with E-state index >= 15 is 0 Å². The van der Waals surface area contributed by atoms with Gasteiger partial charge in [0.15, 0.2) is 0 Å². The summed E-state index contributed by atoms with van der Waals surface area (Å²) >= 11 is 0. The minimum atomic E-state index is -0.373. The molecular formula is C24H25FN6O2. The molecule has 33 heavy (non-hydrogen) atoms. The molecule has 1 atom stereocenters. The van der Waals surface area contributed by atoms with Gasteiger partial charge in [0.25, 0.3) is 11.8 Å². The lowest BCUT2D eigenvalue weighted by atomic mass is 9.95. The Hall–Kier alpha value is -3.75. The summed E-state index contributed by atoms with van der Waals surface area (Å²) in [6, 6.07) is 5.56. The summed E-state index contributed by atoms with van der Waals surface area (Å²) in [6.45, 7) is 4.34. The first-order valence-corrected chi connectivity index (χ1v) is 10.9. The van der Waals surface area contributed by atoms with Crippen molar-refractivity contribution in [1.29, 1.82) is 0 Å². The average Bonchev–Trinajstić information content (AvgIpc) is 2.83. The van der Waals surface area contributed by atoms with E-state index in [9.17, 15) is 14.0 Å². The molecule has 0 radical (unpaired) electrons. The second-order valence-corrected chi connectivity index (χ2v) is 8.08.